The van der Waals surface area contributed by atoms with Crippen molar-refractivity contribution < 1.29 is 5.11 Å². The fourth-order valence-corrected chi connectivity index (χ4v) is 2.95. The third kappa shape index (κ3) is 5.25. The van der Waals surface area contributed by atoms with E-state index in [0.29, 0.717) is 12.0 Å². The molecule has 1 unspecified atom stereocenters. The third-order valence-corrected chi connectivity index (χ3v) is 4.51. The van der Waals surface area contributed by atoms with Gasteiger partial charge < -0.3 is 16.2 Å². The summed E-state index contributed by atoms with van der Waals surface area (Å²) in [6.45, 7) is 6.86. The van der Waals surface area contributed by atoms with Gasteiger partial charge in [-0.15, -0.1) is 0 Å². The van der Waals surface area contributed by atoms with Gasteiger partial charge in [0.2, 0.25) is 0 Å². The van der Waals surface area contributed by atoms with E-state index in [1.807, 2.05) is 0 Å². The molecular weight excluding hydrogens is 224 g/mol. The van der Waals surface area contributed by atoms with E-state index in [4.69, 9.17) is 10.8 Å². The molecule has 4 N–H and O–H groups in total. The summed E-state index contributed by atoms with van der Waals surface area (Å²) in [4.78, 5) is 0. The van der Waals surface area contributed by atoms with Gasteiger partial charge in [-0.05, 0) is 56.9 Å². The maximum absolute atomic E-state index is 8.77. The van der Waals surface area contributed by atoms with Crippen molar-refractivity contribution in [1.82, 2.24) is 5.32 Å². The van der Waals surface area contributed by atoms with Crippen molar-refractivity contribution in [3.8, 4) is 0 Å². The summed E-state index contributed by atoms with van der Waals surface area (Å²) in [6.07, 6.45) is 9.47. The van der Waals surface area contributed by atoms with Gasteiger partial charge in [0.25, 0.3) is 0 Å². The second kappa shape index (κ2) is 7.46. The number of nitrogens with one attached hydrogen (secondary N) is 1. The number of hydrogen-bond donors (Lipinski definition) is 3. The van der Waals surface area contributed by atoms with Gasteiger partial charge in [0.15, 0.2) is 0 Å². The molecule has 0 bridgehead atoms. The first-order chi connectivity index (χ1) is 8.54. The summed E-state index contributed by atoms with van der Waals surface area (Å²) >= 11 is 0. The molecule has 108 valence electrons. The Balaban J connectivity index is 2.37. The van der Waals surface area contributed by atoms with Gasteiger partial charge in [-0.25, -0.2) is 0 Å². The van der Waals surface area contributed by atoms with E-state index in [9.17, 15) is 0 Å². The topological polar surface area (TPSA) is 58.3 Å². The molecule has 0 spiro atoms. The molecule has 1 saturated carbocycles. The molecule has 1 aliphatic carbocycles. The maximum atomic E-state index is 8.77. The highest BCUT2D eigenvalue weighted by Gasteiger charge is 2.33. The average Bonchev–Trinajstić information content (AvgIpc) is 2.49. The smallest absolute Gasteiger partial charge is 0.0431 e. The number of aliphatic hydroxyl groups excluding tert-OH is 1. The van der Waals surface area contributed by atoms with Gasteiger partial charge in [0.1, 0.15) is 0 Å². The molecule has 0 aliphatic heterocycles. The molecule has 18 heavy (non-hydrogen) atoms. The second-order valence-corrected chi connectivity index (χ2v) is 6.71. The Morgan fingerprint density at radius 3 is 2.50 bits per heavy atom. The van der Waals surface area contributed by atoms with E-state index in [-0.39, 0.29) is 5.54 Å². The summed E-state index contributed by atoms with van der Waals surface area (Å²) in [7, 11) is 0. The molecule has 0 amide bonds. The van der Waals surface area contributed by atoms with Crippen molar-refractivity contribution in [2.24, 2.45) is 11.1 Å². The Hall–Kier alpha value is -0.120. The fourth-order valence-electron chi connectivity index (χ4n) is 2.95. The largest absolute Gasteiger partial charge is 0.396 e. The van der Waals surface area contributed by atoms with E-state index in [1.165, 1.54) is 32.1 Å². The number of rotatable bonds is 7. The van der Waals surface area contributed by atoms with Crippen LogP contribution in [-0.2, 0) is 0 Å². The van der Waals surface area contributed by atoms with Crippen molar-refractivity contribution in [3.05, 3.63) is 0 Å². The number of hydrogen-bond acceptors (Lipinski definition) is 3. The fraction of sp³-hybridized carbons (Fsp3) is 1.00. The lowest BCUT2D eigenvalue weighted by atomic mass is 9.83. The van der Waals surface area contributed by atoms with Crippen LogP contribution in [0.3, 0.4) is 0 Å². The standard InChI is InChI=1S/C15H32N2O/c1-14(2)7-6-8-15(13-16,10-9-14)17-11-4-3-5-12-18/h17-18H,3-13,16H2,1-2H3. The van der Waals surface area contributed by atoms with Crippen LogP contribution in [0.1, 0.15) is 65.2 Å². The molecule has 3 heteroatoms. The van der Waals surface area contributed by atoms with E-state index < -0.39 is 0 Å². The van der Waals surface area contributed by atoms with Gasteiger partial charge >= 0.3 is 0 Å². The van der Waals surface area contributed by atoms with Crippen LogP contribution in [-0.4, -0.2) is 30.3 Å². The molecule has 0 aromatic carbocycles. The van der Waals surface area contributed by atoms with Crippen LogP contribution >= 0.6 is 0 Å². The van der Waals surface area contributed by atoms with Crippen molar-refractivity contribution in [1.29, 1.82) is 0 Å². The van der Waals surface area contributed by atoms with Crippen molar-refractivity contribution in [2.75, 3.05) is 19.7 Å². The third-order valence-electron chi connectivity index (χ3n) is 4.51. The van der Waals surface area contributed by atoms with Gasteiger partial charge in [-0.2, -0.15) is 0 Å². The van der Waals surface area contributed by atoms with E-state index in [1.54, 1.807) is 0 Å². The molecule has 1 aliphatic rings. The predicted molar refractivity (Wildman–Crippen MR) is 77.6 cm³/mol. The van der Waals surface area contributed by atoms with Crippen molar-refractivity contribution >= 4 is 0 Å². The lowest BCUT2D eigenvalue weighted by molar-refractivity contribution is 0.260. The summed E-state index contributed by atoms with van der Waals surface area (Å²) < 4.78 is 0. The quantitative estimate of drug-likeness (QED) is 0.484. The maximum Gasteiger partial charge on any atom is 0.0431 e. The molecule has 1 atom stereocenters. The van der Waals surface area contributed by atoms with Crippen LogP contribution in [0.15, 0.2) is 0 Å². The van der Waals surface area contributed by atoms with Gasteiger partial charge in [-0.1, -0.05) is 20.3 Å². The minimum atomic E-state index is 0.174. The molecule has 3 nitrogen and oxygen atoms in total. The minimum absolute atomic E-state index is 0.174. The predicted octanol–water partition coefficient (Wildman–Crippen LogP) is 2.43. The van der Waals surface area contributed by atoms with Crippen LogP contribution in [0.5, 0.6) is 0 Å². The first-order valence-electron chi connectivity index (χ1n) is 7.60. The van der Waals surface area contributed by atoms with Crippen molar-refractivity contribution in [3.63, 3.8) is 0 Å². The molecule has 0 heterocycles. The highest BCUT2D eigenvalue weighted by atomic mass is 16.2. The Morgan fingerprint density at radius 2 is 1.83 bits per heavy atom. The van der Waals surface area contributed by atoms with Crippen LogP contribution < -0.4 is 11.1 Å². The second-order valence-electron chi connectivity index (χ2n) is 6.71. The highest BCUT2D eigenvalue weighted by Crippen LogP contribution is 2.37. The number of aliphatic hydroxyl groups is 1. The Kier molecular flexibility index (Phi) is 6.61. The lowest BCUT2D eigenvalue weighted by Gasteiger charge is -2.33. The zero-order chi connectivity index (χ0) is 13.5. The minimum Gasteiger partial charge on any atom is -0.396 e. The first kappa shape index (κ1) is 15.9. The Bertz CT molecular complexity index is 231. The van der Waals surface area contributed by atoms with E-state index in [0.717, 1.165) is 32.4 Å². The Labute approximate surface area is 113 Å². The SMILES string of the molecule is CC1(C)CCCC(CN)(NCCCCCO)CC1. The summed E-state index contributed by atoms with van der Waals surface area (Å²) in [5.41, 5.74) is 6.69. The molecular formula is C15H32N2O. The molecule has 0 saturated heterocycles. The molecule has 0 radical (unpaired) electrons. The average molecular weight is 256 g/mol. The van der Waals surface area contributed by atoms with E-state index >= 15 is 0 Å². The molecule has 1 rings (SSSR count). The van der Waals surface area contributed by atoms with Gasteiger partial charge in [-0.3, -0.25) is 0 Å². The highest BCUT2D eigenvalue weighted by molar-refractivity contribution is 4.93. The Morgan fingerprint density at radius 1 is 1.06 bits per heavy atom. The first-order valence-corrected chi connectivity index (χ1v) is 7.60. The zero-order valence-electron chi connectivity index (χ0n) is 12.3. The van der Waals surface area contributed by atoms with Gasteiger partial charge in [0.05, 0.1) is 0 Å². The molecule has 0 aromatic heterocycles. The van der Waals surface area contributed by atoms with Gasteiger partial charge in [0, 0.05) is 18.7 Å². The monoisotopic (exact) mass is 256 g/mol. The zero-order valence-corrected chi connectivity index (χ0v) is 12.3. The summed E-state index contributed by atoms with van der Waals surface area (Å²) in [5, 5.41) is 12.5. The van der Waals surface area contributed by atoms with Crippen LogP contribution in [0.4, 0.5) is 0 Å². The summed E-state index contributed by atoms with van der Waals surface area (Å²) in [5.74, 6) is 0. The van der Waals surface area contributed by atoms with Crippen LogP contribution in [0.25, 0.3) is 0 Å². The number of nitrogens with two attached hydrogens (primary N) is 1. The molecule has 0 aromatic rings. The van der Waals surface area contributed by atoms with Crippen LogP contribution in [0.2, 0.25) is 0 Å². The molecule has 1 fully saturated rings. The summed E-state index contributed by atoms with van der Waals surface area (Å²) in [6, 6.07) is 0. The van der Waals surface area contributed by atoms with Crippen molar-refractivity contribution in [2.45, 2.75) is 70.8 Å². The normalized spacial score (nSPS) is 28.0. The van der Waals surface area contributed by atoms with E-state index in [2.05, 4.69) is 19.2 Å². The lowest BCUT2D eigenvalue weighted by Crippen LogP contribution is -2.51. The number of unbranched alkanes of at least 4 members (excludes halogenated alkanes) is 2. The van der Waals surface area contributed by atoms with Crippen LogP contribution in [0, 0.1) is 5.41 Å².